The van der Waals surface area contributed by atoms with Crippen LogP contribution in [0.1, 0.15) is 34.5 Å². The van der Waals surface area contributed by atoms with Gasteiger partial charge in [0.25, 0.3) is 0 Å². The summed E-state index contributed by atoms with van der Waals surface area (Å²) in [6.45, 7) is 4.16. The van der Waals surface area contributed by atoms with Crippen molar-refractivity contribution >= 4 is 15.9 Å². The Bertz CT molecular complexity index is 608. The average molecular weight is 407 g/mol. The van der Waals surface area contributed by atoms with Crippen LogP contribution in [0, 0.1) is 0 Å². The number of nitrogens with one attached hydrogen (secondary N) is 1. The van der Waals surface area contributed by atoms with Gasteiger partial charge in [-0.25, -0.2) is 22.0 Å². The number of carbonyl (C=O) groups is 1. The summed E-state index contributed by atoms with van der Waals surface area (Å²) in [6.07, 6.45) is 3.70. The molecule has 1 aromatic rings. The fourth-order valence-electron chi connectivity index (χ4n) is 2.08. The molecule has 1 atom stereocenters. The number of benzene rings is 1. The van der Waals surface area contributed by atoms with Gasteiger partial charge in [-0.15, -0.1) is 0 Å². The average Bonchev–Trinajstić information content (AvgIpc) is 2.62. The van der Waals surface area contributed by atoms with E-state index in [1.54, 1.807) is 11.8 Å². The van der Waals surface area contributed by atoms with Gasteiger partial charge in [0.05, 0.1) is 0 Å². The van der Waals surface area contributed by atoms with Gasteiger partial charge in [0.2, 0.25) is 6.43 Å². The van der Waals surface area contributed by atoms with Crippen molar-refractivity contribution in [2.24, 2.45) is 0 Å². The van der Waals surface area contributed by atoms with Crippen molar-refractivity contribution in [3.63, 3.8) is 0 Å². The largest absolute Gasteiger partial charge is 0.332 e. The maximum Gasteiger partial charge on any atom is 0.317 e. The van der Waals surface area contributed by atoms with Gasteiger partial charge in [-0.05, 0) is 33.1 Å². The topological polar surface area (TPSA) is 66.5 Å². The minimum absolute atomic E-state index is 0. The number of rotatable bonds is 3. The zero-order valence-electron chi connectivity index (χ0n) is 16.1. The first-order valence-corrected chi connectivity index (χ1v) is 10.8. The zero-order valence-corrected chi connectivity index (χ0v) is 17.0. The molecule has 0 saturated carbocycles. The lowest BCUT2D eigenvalue weighted by atomic mass is 10.1. The number of nitrogens with zero attached hydrogens (tertiary/aromatic N) is 1. The third-order valence-corrected chi connectivity index (χ3v) is 3.93. The molecule has 27 heavy (non-hydrogen) atoms. The Morgan fingerprint density at radius 3 is 1.81 bits per heavy atom. The lowest BCUT2D eigenvalue weighted by molar-refractivity contribution is 0.171. The lowest BCUT2D eigenvalue weighted by Gasteiger charge is -2.27. The van der Waals surface area contributed by atoms with Crippen LogP contribution in [0.2, 0.25) is 0 Å². The molecule has 1 aliphatic rings. The molecule has 0 aromatic heterocycles. The van der Waals surface area contributed by atoms with Gasteiger partial charge < -0.3 is 10.2 Å². The van der Waals surface area contributed by atoms with E-state index in [1.807, 2.05) is 36.4 Å². The Hall–Kier alpha value is -1.96. The lowest BCUT2D eigenvalue weighted by Crippen LogP contribution is -2.45. The minimum Gasteiger partial charge on any atom is -0.332 e. The summed E-state index contributed by atoms with van der Waals surface area (Å²) in [5.41, 5.74) is 0. The number of hydrogen-bond acceptors (Lipinski definition) is 3. The molecule has 156 valence electrons. The van der Waals surface area contributed by atoms with E-state index in [-0.39, 0.29) is 13.5 Å². The second-order valence-electron chi connectivity index (χ2n) is 6.12. The van der Waals surface area contributed by atoms with Crippen molar-refractivity contribution in [3.05, 3.63) is 47.9 Å². The van der Waals surface area contributed by atoms with E-state index in [9.17, 15) is 22.0 Å². The Morgan fingerprint density at radius 1 is 1.04 bits per heavy atom. The molecule has 1 fully saturated rings. The number of hydrogen-bond donors (Lipinski definition) is 1. The van der Waals surface area contributed by atoms with Crippen LogP contribution >= 0.6 is 0 Å². The third kappa shape index (κ3) is 17.2. The fraction of sp³-hybridized carbons (Fsp3) is 0.526. The van der Waals surface area contributed by atoms with Gasteiger partial charge in [-0.3, -0.25) is 0 Å². The summed E-state index contributed by atoms with van der Waals surface area (Å²) in [5, 5.41) is 3.88. The maximum absolute atomic E-state index is 11.8. The summed E-state index contributed by atoms with van der Waals surface area (Å²) in [5.74, 6) is 0. The normalized spacial score (nSPS) is 15.3. The van der Waals surface area contributed by atoms with Crippen molar-refractivity contribution in [1.82, 2.24) is 10.2 Å². The minimum atomic E-state index is -3.13. The SMILES string of the molecule is CC(F)F.C[C@@H](/C=C/S(C)(=O)=O)NC(=O)N1CCCCC1.[HH].c1ccccc1. The smallest absolute Gasteiger partial charge is 0.317 e. The fourth-order valence-corrected chi connectivity index (χ4v) is 2.60. The summed E-state index contributed by atoms with van der Waals surface area (Å²) in [7, 11) is -3.13. The number of carbonyl (C=O) groups excluding carboxylic acids is 1. The molecule has 5 nitrogen and oxygen atoms in total. The van der Waals surface area contributed by atoms with Crippen LogP contribution in [0.4, 0.5) is 13.6 Å². The molecule has 1 aromatic carbocycles. The highest BCUT2D eigenvalue weighted by Crippen LogP contribution is 2.08. The van der Waals surface area contributed by atoms with Crippen LogP contribution in [-0.2, 0) is 9.84 Å². The van der Waals surface area contributed by atoms with E-state index in [2.05, 4.69) is 5.32 Å². The van der Waals surface area contributed by atoms with Crippen LogP contribution in [0.15, 0.2) is 47.9 Å². The molecular weight excluding hydrogens is 374 g/mol. The van der Waals surface area contributed by atoms with Gasteiger partial charge in [0.1, 0.15) is 0 Å². The van der Waals surface area contributed by atoms with E-state index in [0.717, 1.165) is 44.5 Å². The number of likely N-dealkylation sites (tertiary alicyclic amines) is 1. The molecule has 1 heterocycles. The maximum atomic E-state index is 11.8. The molecule has 1 N–H and O–H groups in total. The monoisotopic (exact) mass is 406 g/mol. The molecule has 0 spiro atoms. The first-order chi connectivity index (χ1) is 12.6. The molecule has 0 unspecified atom stereocenters. The molecular formula is C19H32F2N2O3S. The van der Waals surface area contributed by atoms with E-state index < -0.39 is 16.3 Å². The van der Waals surface area contributed by atoms with Crippen LogP contribution in [0.25, 0.3) is 0 Å². The number of halogens is 2. The molecule has 0 bridgehead atoms. The molecule has 0 aliphatic carbocycles. The Kier molecular flexibility index (Phi) is 13.1. The number of piperidine rings is 1. The summed E-state index contributed by atoms with van der Waals surface area (Å²) >= 11 is 0. The number of amides is 2. The molecule has 0 radical (unpaired) electrons. The van der Waals surface area contributed by atoms with Crippen molar-refractivity contribution in [2.45, 2.75) is 45.6 Å². The van der Waals surface area contributed by atoms with Gasteiger partial charge in [-0.1, -0.05) is 42.5 Å². The first kappa shape index (κ1) is 25.0. The predicted octanol–water partition coefficient (Wildman–Crippen LogP) is 4.33. The highest BCUT2D eigenvalue weighted by atomic mass is 32.2. The van der Waals surface area contributed by atoms with E-state index >= 15 is 0 Å². The van der Waals surface area contributed by atoms with E-state index in [1.165, 1.54) is 12.5 Å². The van der Waals surface area contributed by atoms with Crippen molar-refractivity contribution < 1.29 is 23.4 Å². The number of sulfone groups is 1. The van der Waals surface area contributed by atoms with Crippen LogP contribution in [0.3, 0.4) is 0 Å². The number of alkyl halides is 2. The Balaban J connectivity index is 0. The second-order valence-corrected chi connectivity index (χ2v) is 8.05. The first-order valence-electron chi connectivity index (χ1n) is 8.83. The molecule has 2 rings (SSSR count). The molecule has 1 aliphatic heterocycles. The quantitative estimate of drug-likeness (QED) is 0.812. The van der Waals surface area contributed by atoms with Gasteiger partial charge in [-0.2, -0.15) is 0 Å². The van der Waals surface area contributed by atoms with E-state index in [0.29, 0.717) is 0 Å². The second kappa shape index (κ2) is 14.1. The highest BCUT2D eigenvalue weighted by molar-refractivity contribution is 7.93. The number of urea groups is 1. The highest BCUT2D eigenvalue weighted by Gasteiger charge is 2.16. The standard InChI is InChI=1S/C11H20N2O3S.C6H6.C2H4F2.H2/c1-10(6-9-17(2,15)16)12-11(14)13-7-4-3-5-8-13;1-2-4-6-5-3-1;1-2(3)4;/h6,9-10H,3-5,7-8H2,1-2H3,(H,12,14);1-6H;2H,1H3;1H/b9-6+;;;/t10-;;;/m0.../s1. The van der Waals surface area contributed by atoms with Crippen LogP contribution < -0.4 is 5.32 Å². The Morgan fingerprint density at radius 2 is 1.44 bits per heavy atom. The predicted molar refractivity (Wildman–Crippen MR) is 108 cm³/mol. The van der Waals surface area contributed by atoms with Gasteiger partial charge in [0, 0.05) is 32.2 Å². The molecule has 1 saturated heterocycles. The van der Waals surface area contributed by atoms with Crippen LogP contribution in [-0.4, -0.2) is 51.2 Å². The molecule has 2 amide bonds. The summed E-state index contributed by atoms with van der Waals surface area (Å²) < 4.78 is 42.5. The molecule has 8 heteroatoms. The summed E-state index contributed by atoms with van der Waals surface area (Å²) in [6, 6.07) is 11.6. The zero-order chi connectivity index (χ0) is 20.7. The van der Waals surface area contributed by atoms with Crippen molar-refractivity contribution in [1.29, 1.82) is 0 Å². The van der Waals surface area contributed by atoms with Crippen molar-refractivity contribution in [2.75, 3.05) is 19.3 Å². The van der Waals surface area contributed by atoms with E-state index in [4.69, 9.17) is 0 Å². The van der Waals surface area contributed by atoms with Gasteiger partial charge in [0.15, 0.2) is 9.84 Å². The van der Waals surface area contributed by atoms with Crippen LogP contribution in [0.5, 0.6) is 0 Å². The third-order valence-electron chi connectivity index (χ3n) is 3.28. The Labute approximate surface area is 162 Å². The summed E-state index contributed by atoms with van der Waals surface area (Å²) in [4.78, 5) is 13.5. The van der Waals surface area contributed by atoms with Crippen molar-refractivity contribution in [3.8, 4) is 0 Å². The van der Waals surface area contributed by atoms with Gasteiger partial charge >= 0.3 is 6.03 Å².